The third-order valence-corrected chi connectivity index (χ3v) is 3.90. The molecule has 1 saturated heterocycles. The molecular formula is C16H24N2. The fraction of sp³-hybridized carbons (Fsp3) is 0.562. The maximum atomic E-state index is 4.75. The average Bonchev–Trinajstić information content (AvgIpc) is 2.39. The van der Waals surface area contributed by atoms with Crippen molar-refractivity contribution in [1.82, 2.24) is 9.88 Å². The first kappa shape index (κ1) is 13.3. The van der Waals surface area contributed by atoms with Crippen LogP contribution < -0.4 is 0 Å². The molecule has 2 nitrogen and oxygen atoms in total. The molecule has 2 rings (SSSR count). The molecule has 1 aromatic heterocycles. The molecule has 0 saturated carbocycles. The van der Waals surface area contributed by atoms with E-state index in [0.29, 0.717) is 11.8 Å². The molecule has 2 heteroatoms. The molecule has 0 atom stereocenters. The van der Waals surface area contributed by atoms with Gasteiger partial charge in [-0.3, -0.25) is 4.98 Å². The Kier molecular flexibility index (Phi) is 4.18. The average molecular weight is 244 g/mol. The van der Waals surface area contributed by atoms with Crippen LogP contribution in [0.2, 0.25) is 0 Å². The van der Waals surface area contributed by atoms with E-state index in [2.05, 4.69) is 44.5 Å². The van der Waals surface area contributed by atoms with E-state index >= 15 is 0 Å². The van der Waals surface area contributed by atoms with Crippen molar-refractivity contribution in [1.29, 1.82) is 0 Å². The standard InChI is InChI=1S/C16H24N2/c1-5-15-10-14(12(2)3)11-16(17-15)13-6-8-18(4)9-7-13/h5,10-13H,1,6-9H2,2-4H3. The summed E-state index contributed by atoms with van der Waals surface area (Å²) >= 11 is 0. The molecular weight excluding hydrogens is 220 g/mol. The summed E-state index contributed by atoms with van der Waals surface area (Å²) in [5, 5.41) is 0. The maximum Gasteiger partial charge on any atom is 0.0630 e. The summed E-state index contributed by atoms with van der Waals surface area (Å²) < 4.78 is 0. The highest BCUT2D eigenvalue weighted by Gasteiger charge is 2.20. The van der Waals surface area contributed by atoms with Gasteiger partial charge in [-0.2, -0.15) is 0 Å². The van der Waals surface area contributed by atoms with Gasteiger partial charge in [0.2, 0.25) is 0 Å². The van der Waals surface area contributed by atoms with Gasteiger partial charge in [0.15, 0.2) is 0 Å². The lowest BCUT2D eigenvalue weighted by Gasteiger charge is -2.29. The van der Waals surface area contributed by atoms with Crippen LogP contribution in [0.4, 0.5) is 0 Å². The summed E-state index contributed by atoms with van der Waals surface area (Å²) in [6, 6.07) is 4.46. The number of piperidine rings is 1. The van der Waals surface area contributed by atoms with Crippen molar-refractivity contribution in [2.75, 3.05) is 20.1 Å². The molecule has 1 aliphatic rings. The van der Waals surface area contributed by atoms with E-state index < -0.39 is 0 Å². The Hall–Kier alpha value is -1.15. The van der Waals surface area contributed by atoms with Crippen molar-refractivity contribution in [3.8, 4) is 0 Å². The monoisotopic (exact) mass is 244 g/mol. The normalized spacial score (nSPS) is 18.2. The third kappa shape index (κ3) is 2.99. The van der Waals surface area contributed by atoms with Crippen LogP contribution in [0.3, 0.4) is 0 Å². The van der Waals surface area contributed by atoms with Gasteiger partial charge < -0.3 is 4.90 Å². The molecule has 0 aliphatic carbocycles. The number of hydrogen-bond donors (Lipinski definition) is 0. The van der Waals surface area contributed by atoms with E-state index in [1.54, 1.807) is 0 Å². The van der Waals surface area contributed by atoms with Crippen molar-refractivity contribution in [2.45, 2.75) is 38.5 Å². The molecule has 1 aliphatic heterocycles. The van der Waals surface area contributed by atoms with E-state index in [1.807, 2.05) is 6.08 Å². The van der Waals surface area contributed by atoms with Crippen LogP contribution >= 0.6 is 0 Å². The Morgan fingerprint density at radius 3 is 2.56 bits per heavy atom. The minimum absolute atomic E-state index is 0.553. The second-order valence-electron chi connectivity index (χ2n) is 5.69. The van der Waals surface area contributed by atoms with Crippen LogP contribution in [0.25, 0.3) is 6.08 Å². The van der Waals surface area contributed by atoms with Gasteiger partial charge in [0.25, 0.3) is 0 Å². The summed E-state index contributed by atoms with van der Waals surface area (Å²) in [7, 11) is 2.20. The lowest BCUT2D eigenvalue weighted by atomic mass is 9.91. The highest BCUT2D eigenvalue weighted by Crippen LogP contribution is 2.28. The van der Waals surface area contributed by atoms with Crippen molar-refractivity contribution < 1.29 is 0 Å². The Morgan fingerprint density at radius 1 is 1.33 bits per heavy atom. The molecule has 0 bridgehead atoms. The summed E-state index contributed by atoms with van der Waals surface area (Å²) in [5.41, 5.74) is 3.67. The van der Waals surface area contributed by atoms with Crippen LogP contribution in [0, 0.1) is 0 Å². The van der Waals surface area contributed by atoms with E-state index in [4.69, 9.17) is 4.98 Å². The number of pyridine rings is 1. The topological polar surface area (TPSA) is 16.1 Å². The zero-order chi connectivity index (χ0) is 13.1. The molecule has 0 amide bonds. The molecule has 98 valence electrons. The van der Waals surface area contributed by atoms with E-state index in [0.717, 1.165) is 5.69 Å². The molecule has 0 spiro atoms. The summed E-state index contributed by atoms with van der Waals surface area (Å²) in [5.74, 6) is 1.18. The Balaban J connectivity index is 2.26. The molecule has 2 heterocycles. The van der Waals surface area contributed by atoms with Crippen LogP contribution in [-0.4, -0.2) is 30.0 Å². The fourth-order valence-electron chi connectivity index (χ4n) is 2.55. The summed E-state index contributed by atoms with van der Waals surface area (Å²) in [4.78, 5) is 7.15. The molecule has 18 heavy (non-hydrogen) atoms. The van der Waals surface area contributed by atoms with Gasteiger partial charge in [-0.1, -0.05) is 20.4 Å². The summed E-state index contributed by atoms with van der Waals surface area (Å²) in [6.45, 7) is 10.7. The van der Waals surface area contributed by atoms with Crippen LogP contribution in [-0.2, 0) is 0 Å². The van der Waals surface area contributed by atoms with Gasteiger partial charge >= 0.3 is 0 Å². The third-order valence-electron chi connectivity index (χ3n) is 3.90. The van der Waals surface area contributed by atoms with Gasteiger partial charge in [-0.05, 0) is 62.7 Å². The molecule has 0 N–H and O–H groups in total. The number of hydrogen-bond acceptors (Lipinski definition) is 2. The SMILES string of the molecule is C=Cc1cc(C(C)C)cc(C2CCN(C)CC2)n1. The van der Waals surface area contributed by atoms with Gasteiger partial charge in [-0.15, -0.1) is 0 Å². The van der Waals surface area contributed by atoms with E-state index in [-0.39, 0.29) is 0 Å². The quantitative estimate of drug-likeness (QED) is 0.806. The Labute approximate surface area is 111 Å². The lowest BCUT2D eigenvalue weighted by Crippen LogP contribution is -2.29. The zero-order valence-electron chi connectivity index (χ0n) is 11.8. The van der Waals surface area contributed by atoms with Crippen LogP contribution in [0.5, 0.6) is 0 Å². The van der Waals surface area contributed by atoms with Gasteiger partial charge in [0, 0.05) is 11.6 Å². The van der Waals surface area contributed by atoms with E-state index in [1.165, 1.54) is 37.2 Å². The van der Waals surface area contributed by atoms with Crippen molar-refractivity contribution in [2.24, 2.45) is 0 Å². The number of rotatable bonds is 3. The Bertz CT molecular complexity index is 415. The van der Waals surface area contributed by atoms with Crippen molar-refractivity contribution in [3.63, 3.8) is 0 Å². The molecule has 1 aromatic rings. The predicted molar refractivity (Wildman–Crippen MR) is 77.9 cm³/mol. The lowest BCUT2D eigenvalue weighted by molar-refractivity contribution is 0.253. The molecule has 0 radical (unpaired) electrons. The number of aromatic nitrogens is 1. The van der Waals surface area contributed by atoms with Gasteiger partial charge in [-0.25, -0.2) is 0 Å². The van der Waals surface area contributed by atoms with Crippen molar-refractivity contribution >= 4 is 6.08 Å². The second kappa shape index (κ2) is 5.66. The summed E-state index contributed by atoms with van der Waals surface area (Å²) in [6.07, 6.45) is 4.31. The molecule has 1 fully saturated rings. The second-order valence-corrected chi connectivity index (χ2v) is 5.69. The molecule has 0 aromatic carbocycles. The fourth-order valence-corrected chi connectivity index (χ4v) is 2.55. The minimum Gasteiger partial charge on any atom is -0.306 e. The van der Waals surface area contributed by atoms with E-state index in [9.17, 15) is 0 Å². The molecule has 0 unspecified atom stereocenters. The Morgan fingerprint density at radius 2 is 2.00 bits per heavy atom. The van der Waals surface area contributed by atoms with Crippen LogP contribution in [0.1, 0.15) is 55.5 Å². The first-order valence-electron chi connectivity index (χ1n) is 6.93. The largest absolute Gasteiger partial charge is 0.306 e. The zero-order valence-corrected chi connectivity index (χ0v) is 11.8. The highest BCUT2D eigenvalue weighted by molar-refractivity contribution is 5.44. The number of likely N-dealkylation sites (tertiary alicyclic amines) is 1. The minimum atomic E-state index is 0.553. The predicted octanol–water partition coefficient (Wildman–Crippen LogP) is 3.66. The van der Waals surface area contributed by atoms with Gasteiger partial charge in [0.05, 0.1) is 5.69 Å². The van der Waals surface area contributed by atoms with Gasteiger partial charge in [0.1, 0.15) is 0 Å². The first-order chi connectivity index (χ1) is 8.60. The van der Waals surface area contributed by atoms with Crippen molar-refractivity contribution in [3.05, 3.63) is 35.7 Å². The first-order valence-corrected chi connectivity index (χ1v) is 6.93. The highest BCUT2D eigenvalue weighted by atomic mass is 15.1. The van der Waals surface area contributed by atoms with Crippen LogP contribution in [0.15, 0.2) is 18.7 Å². The number of nitrogens with zero attached hydrogens (tertiary/aromatic N) is 2. The smallest absolute Gasteiger partial charge is 0.0630 e. The maximum absolute atomic E-state index is 4.75.